The Balaban J connectivity index is 1.73. The lowest BCUT2D eigenvalue weighted by atomic mass is 10.1. The average Bonchev–Trinajstić information content (AvgIpc) is 2.42. The van der Waals surface area contributed by atoms with E-state index in [4.69, 9.17) is 18.0 Å². The van der Waals surface area contributed by atoms with Crippen LogP contribution in [-0.4, -0.2) is 31.4 Å². The minimum atomic E-state index is 0.310. The third-order valence-electron chi connectivity index (χ3n) is 3.19. The summed E-state index contributed by atoms with van der Waals surface area (Å²) in [5, 5.41) is 0. The third-order valence-corrected chi connectivity index (χ3v) is 3.39. The Kier molecular flexibility index (Phi) is 3.22. The normalized spacial score (nSPS) is 15.2. The molecule has 0 fully saturated rings. The second-order valence-corrected chi connectivity index (χ2v) is 4.99. The Bertz CT molecular complexity index is 635. The van der Waals surface area contributed by atoms with Gasteiger partial charge in [0, 0.05) is 61.5 Å². The molecule has 98 valence electrons. The molecule has 6 nitrogen and oxygen atoms in total. The lowest BCUT2D eigenvalue weighted by Crippen LogP contribution is -2.31. The maximum absolute atomic E-state index is 5.48. The maximum Gasteiger partial charge on any atom is 0.219 e. The highest BCUT2D eigenvalue weighted by Crippen LogP contribution is 2.17. The number of hydrogen-bond acceptors (Lipinski definition) is 6. The molecule has 3 rings (SSSR count). The summed E-state index contributed by atoms with van der Waals surface area (Å²) in [6.07, 6.45) is 6.36. The van der Waals surface area contributed by atoms with Crippen molar-refractivity contribution in [3.05, 3.63) is 40.2 Å². The number of nitrogens with two attached hydrogens (primary N) is 1. The summed E-state index contributed by atoms with van der Waals surface area (Å²) in [6.45, 7) is 2.65. The molecule has 0 amide bonds. The van der Waals surface area contributed by atoms with Crippen LogP contribution in [0.4, 0.5) is 5.95 Å². The Morgan fingerprint density at radius 2 is 2.05 bits per heavy atom. The zero-order chi connectivity index (χ0) is 13.2. The van der Waals surface area contributed by atoms with Crippen molar-refractivity contribution in [2.75, 3.05) is 12.3 Å². The van der Waals surface area contributed by atoms with E-state index in [1.807, 2.05) is 6.20 Å². The van der Waals surface area contributed by atoms with Crippen LogP contribution < -0.4 is 5.73 Å². The fraction of sp³-hybridized carbons (Fsp3) is 0.333. The summed E-state index contributed by atoms with van der Waals surface area (Å²) in [7, 11) is 0. The van der Waals surface area contributed by atoms with Gasteiger partial charge in [-0.3, -0.25) is 4.90 Å². The SMILES string of the molecule is Nc1ncc(CN2CCc3[nH]c(=S)ncc3C2)cn1. The van der Waals surface area contributed by atoms with Crippen LogP contribution in [-0.2, 0) is 19.5 Å². The first-order valence-corrected chi connectivity index (χ1v) is 6.47. The molecule has 0 unspecified atom stereocenters. The van der Waals surface area contributed by atoms with Crippen molar-refractivity contribution in [3.63, 3.8) is 0 Å². The summed E-state index contributed by atoms with van der Waals surface area (Å²) in [5.74, 6) is 0.310. The quantitative estimate of drug-likeness (QED) is 0.797. The number of rotatable bonds is 2. The minimum absolute atomic E-state index is 0.310. The molecular formula is C12H14N6S. The van der Waals surface area contributed by atoms with Gasteiger partial charge in [-0.2, -0.15) is 0 Å². The molecule has 19 heavy (non-hydrogen) atoms. The van der Waals surface area contributed by atoms with Gasteiger partial charge in [0.15, 0.2) is 4.77 Å². The summed E-state index contributed by atoms with van der Waals surface area (Å²) in [5.41, 5.74) is 8.95. The number of H-pyrrole nitrogens is 1. The predicted molar refractivity (Wildman–Crippen MR) is 73.7 cm³/mol. The second-order valence-electron chi connectivity index (χ2n) is 4.60. The highest BCUT2D eigenvalue weighted by molar-refractivity contribution is 7.71. The first-order chi connectivity index (χ1) is 9.20. The van der Waals surface area contributed by atoms with E-state index in [0.717, 1.165) is 31.6 Å². The van der Waals surface area contributed by atoms with Crippen molar-refractivity contribution in [3.8, 4) is 0 Å². The van der Waals surface area contributed by atoms with Crippen LogP contribution in [0.5, 0.6) is 0 Å². The molecule has 2 aromatic heterocycles. The molecule has 0 saturated carbocycles. The molecule has 0 saturated heterocycles. The van der Waals surface area contributed by atoms with Crippen molar-refractivity contribution < 1.29 is 0 Å². The number of nitrogens with zero attached hydrogens (tertiary/aromatic N) is 4. The summed E-state index contributed by atoms with van der Waals surface area (Å²) < 4.78 is 0.555. The van der Waals surface area contributed by atoms with Gasteiger partial charge in [0.2, 0.25) is 5.95 Å². The minimum Gasteiger partial charge on any atom is -0.368 e. The summed E-state index contributed by atoms with van der Waals surface area (Å²) in [4.78, 5) is 17.6. The maximum atomic E-state index is 5.48. The molecule has 1 aliphatic rings. The number of aromatic amines is 1. The van der Waals surface area contributed by atoms with Gasteiger partial charge in [-0.15, -0.1) is 0 Å². The van der Waals surface area contributed by atoms with E-state index >= 15 is 0 Å². The monoisotopic (exact) mass is 274 g/mol. The van der Waals surface area contributed by atoms with E-state index in [2.05, 4.69) is 24.8 Å². The van der Waals surface area contributed by atoms with Crippen molar-refractivity contribution in [1.29, 1.82) is 0 Å². The van der Waals surface area contributed by atoms with Gasteiger partial charge in [0.25, 0.3) is 0 Å². The summed E-state index contributed by atoms with van der Waals surface area (Å²) >= 11 is 5.04. The first-order valence-electron chi connectivity index (χ1n) is 6.06. The van der Waals surface area contributed by atoms with E-state index < -0.39 is 0 Å². The van der Waals surface area contributed by atoms with Crippen LogP contribution >= 0.6 is 12.2 Å². The molecule has 7 heteroatoms. The third kappa shape index (κ3) is 2.77. The van der Waals surface area contributed by atoms with E-state index in [1.54, 1.807) is 12.4 Å². The fourth-order valence-corrected chi connectivity index (χ4v) is 2.42. The Morgan fingerprint density at radius 1 is 1.26 bits per heavy atom. The van der Waals surface area contributed by atoms with Crippen molar-refractivity contribution in [1.82, 2.24) is 24.8 Å². The van der Waals surface area contributed by atoms with E-state index in [1.165, 1.54) is 11.3 Å². The standard InChI is InChI=1S/C12H14N6S/c13-11-14-3-8(4-15-11)6-18-2-1-10-9(7-18)5-16-12(19)17-10/h3-5H,1-2,6-7H2,(H2,13,14,15)(H,16,17,19). The molecule has 0 aliphatic carbocycles. The van der Waals surface area contributed by atoms with Crippen LogP contribution in [0.25, 0.3) is 0 Å². The van der Waals surface area contributed by atoms with Crippen molar-refractivity contribution in [2.24, 2.45) is 0 Å². The molecular weight excluding hydrogens is 260 g/mol. The zero-order valence-corrected chi connectivity index (χ0v) is 11.2. The van der Waals surface area contributed by atoms with Gasteiger partial charge in [-0.25, -0.2) is 15.0 Å². The molecule has 0 radical (unpaired) electrons. The fourth-order valence-electron chi connectivity index (χ4n) is 2.24. The predicted octanol–water partition coefficient (Wildman–Crippen LogP) is 1.07. The topological polar surface area (TPSA) is 83.7 Å². The summed E-state index contributed by atoms with van der Waals surface area (Å²) in [6, 6.07) is 0. The highest BCUT2D eigenvalue weighted by Gasteiger charge is 2.17. The van der Waals surface area contributed by atoms with Crippen LogP contribution in [0.15, 0.2) is 18.6 Å². The molecule has 3 heterocycles. The second kappa shape index (κ2) is 5.02. The molecule has 3 N–H and O–H groups in total. The van der Waals surface area contributed by atoms with E-state index in [-0.39, 0.29) is 0 Å². The smallest absolute Gasteiger partial charge is 0.219 e. The van der Waals surface area contributed by atoms with Crippen molar-refractivity contribution >= 4 is 18.2 Å². The molecule has 0 bridgehead atoms. The van der Waals surface area contributed by atoms with Gasteiger partial charge in [0.05, 0.1) is 0 Å². The molecule has 1 aliphatic heterocycles. The van der Waals surface area contributed by atoms with Crippen molar-refractivity contribution in [2.45, 2.75) is 19.5 Å². The first kappa shape index (κ1) is 12.2. The average molecular weight is 274 g/mol. The molecule has 0 spiro atoms. The molecule has 0 atom stereocenters. The van der Waals surface area contributed by atoms with Gasteiger partial charge in [-0.05, 0) is 12.2 Å². The molecule has 0 aromatic carbocycles. The number of nitrogen functional groups attached to an aromatic ring is 1. The van der Waals surface area contributed by atoms with Gasteiger partial charge in [0.1, 0.15) is 0 Å². The number of anilines is 1. The lowest BCUT2D eigenvalue weighted by molar-refractivity contribution is 0.242. The molecule has 2 aromatic rings. The van der Waals surface area contributed by atoms with Gasteiger partial charge in [-0.1, -0.05) is 0 Å². The van der Waals surface area contributed by atoms with Crippen LogP contribution in [0.3, 0.4) is 0 Å². The largest absolute Gasteiger partial charge is 0.368 e. The van der Waals surface area contributed by atoms with Crippen LogP contribution in [0, 0.1) is 4.77 Å². The van der Waals surface area contributed by atoms with Gasteiger partial charge >= 0.3 is 0 Å². The van der Waals surface area contributed by atoms with E-state index in [0.29, 0.717) is 10.7 Å². The van der Waals surface area contributed by atoms with Crippen LogP contribution in [0.1, 0.15) is 16.8 Å². The highest BCUT2D eigenvalue weighted by atomic mass is 32.1. The zero-order valence-electron chi connectivity index (χ0n) is 10.3. The van der Waals surface area contributed by atoms with Gasteiger partial charge < -0.3 is 10.7 Å². The number of hydrogen-bond donors (Lipinski definition) is 2. The number of nitrogens with one attached hydrogen (secondary N) is 1. The Hall–Kier alpha value is -1.86. The number of fused-ring (bicyclic) bond motifs is 1. The lowest BCUT2D eigenvalue weighted by Gasteiger charge is -2.27. The Morgan fingerprint density at radius 3 is 2.84 bits per heavy atom. The van der Waals surface area contributed by atoms with Crippen LogP contribution in [0.2, 0.25) is 0 Å². The number of aromatic nitrogens is 4. The Labute approximate surface area is 115 Å². The van der Waals surface area contributed by atoms with E-state index in [9.17, 15) is 0 Å².